The second-order valence-corrected chi connectivity index (χ2v) is 18.3. The number of hydrogen-bond acceptors (Lipinski definition) is 3. The second-order valence-electron chi connectivity index (χ2n) is 18.3. The summed E-state index contributed by atoms with van der Waals surface area (Å²) in [5.41, 5.74) is 17.2. The van der Waals surface area contributed by atoms with Crippen LogP contribution >= 0.6 is 0 Å². The van der Waals surface area contributed by atoms with Crippen LogP contribution in [-0.2, 0) is 0 Å². The third-order valence-corrected chi connectivity index (χ3v) is 13.9. The van der Waals surface area contributed by atoms with Gasteiger partial charge >= 0.3 is 0 Å². The summed E-state index contributed by atoms with van der Waals surface area (Å²) in [7, 11) is 0. The van der Waals surface area contributed by atoms with E-state index in [-0.39, 0.29) is 6.17 Å². The summed E-state index contributed by atoms with van der Waals surface area (Å²) in [6.07, 6.45) is 7.19. The fraction of sp³-hybridized carbons (Fsp3) is 0.0625. The summed E-state index contributed by atoms with van der Waals surface area (Å²) in [4.78, 5) is 10.6. The van der Waals surface area contributed by atoms with Gasteiger partial charge in [0.05, 0.1) is 22.1 Å². The highest BCUT2D eigenvalue weighted by molar-refractivity contribution is 6.23. The van der Waals surface area contributed by atoms with E-state index in [4.69, 9.17) is 9.98 Å². The van der Waals surface area contributed by atoms with Crippen LogP contribution in [-0.4, -0.2) is 20.8 Å². The molecule has 2 aliphatic rings. The molecular formula is C64H47N5. The lowest BCUT2D eigenvalue weighted by Crippen LogP contribution is -2.34. The average Bonchev–Trinajstić information content (AvgIpc) is 3.94. The Balaban J connectivity index is 0.994. The summed E-state index contributed by atoms with van der Waals surface area (Å²) in [6, 6.07) is 79.0. The number of aliphatic imine (C=N–C) groups is 2. The Labute approximate surface area is 401 Å². The number of benzene rings is 9. The molecule has 3 heterocycles. The first-order valence-electron chi connectivity index (χ1n) is 23.9. The molecule has 0 bridgehead atoms. The molecule has 2 unspecified atom stereocenters. The Bertz CT molecular complexity index is 3830. The van der Waals surface area contributed by atoms with Gasteiger partial charge in [-0.1, -0.05) is 177 Å². The SMILES string of the molecule is CC1C=CC=C(C2=NC(c3ccccc3)NC(c3cccc4c3c3cc(-c5ccc6c(c5)c5ccccc5n6-c5cc(-c6ccccc6)cc(-c6ccccc6)c5)ccc3n4-c3ccccc3)=N2)C1. The maximum Gasteiger partial charge on any atom is 0.155 e. The number of fused-ring (bicyclic) bond motifs is 6. The van der Waals surface area contributed by atoms with E-state index in [1.54, 1.807) is 0 Å². The molecule has 0 radical (unpaired) electrons. The lowest BCUT2D eigenvalue weighted by molar-refractivity contribution is 0.667. The van der Waals surface area contributed by atoms with Crippen LogP contribution in [0.25, 0.3) is 88.4 Å². The Kier molecular flexibility index (Phi) is 9.86. The molecule has 0 saturated carbocycles. The van der Waals surface area contributed by atoms with Gasteiger partial charge in [-0.05, 0) is 124 Å². The quantitative estimate of drug-likeness (QED) is 0.162. The van der Waals surface area contributed by atoms with Crippen molar-refractivity contribution in [1.29, 1.82) is 0 Å². The van der Waals surface area contributed by atoms with E-state index in [1.165, 1.54) is 38.5 Å². The zero-order valence-electron chi connectivity index (χ0n) is 38.2. The highest BCUT2D eigenvalue weighted by Crippen LogP contribution is 2.41. The number of amidine groups is 2. The molecule has 1 N–H and O–H groups in total. The molecule has 9 aromatic carbocycles. The number of para-hydroxylation sites is 2. The van der Waals surface area contributed by atoms with E-state index in [1.807, 2.05) is 0 Å². The summed E-state index contributed by atoms with van der Waals surface area (Å²) in [6.45, 7) is 2.25. The molecule has 5 nitrogen and oxygen atoms in total. The number of aromatic nitrogens is 2. The van der Waals surface area contributed by atoms with Gasteiger partial charge in [0, 0.05) is 38.5 Å². The molecule has 0 spiro atoms. The topological polar surface area (TPSA) is 46.6 Å². The Hall–Kier alpha value is -8.80. The Morgan fingerprint density at radius 1 is 0.464 bits per heavy atom. The fourth-order valence-electron chi connectivity index (χ4n) is 10.6. The first-order chi connectivity index (χ1) is 34.1. The van der Waals surface area contributed by atoms with Gasteiger partial charge in [-0.3, -0.25) is 0 Å². The van der Waals surface area contributed by atoms with Crippen molar-refractivity contribution in [2.75, 3.05) is 0 Å². The van der Waals surface area contributed by atoms with Gasteiger partial charge in [0.25, 0.3) is 0 Å². The largest absolute Gasteiger partial charge is 0.344 e. The van der Waals surface area contributed by atoms with Crippen molar-refractivity contribution >= 4 is 55.3 Å². The van der Waals surface area contributed by atoms with Gasteiger partial charge in [0.2, 0.25) is 0 Å². The predicted octanol–water partition coefficient (Wildman–Crippen LogP) is 15.9. The number of nitrogens with one attached hydrogen (secondary N) is 1. The minimum atomic E-state index is -0.288. The molecule has 11 aromatic rings. The predicted molar refractivity (Wildman–Crippen MR) is 289 cm³/mol. The Morgan fingerprint density at radius 3 is 1.74 bits per heavy atom. The van der Waals surface area contributed by atoms with Gasteiger partial charge in [-0.2, -0.15) is 0 Å². The molecule has 0 fully saturated rings. The van der Waals surface area contributed by atoms with Crippen LogP contribution in [0.2, 0.25) is 0 Å². The zero-order valence-corrected chi connectivity index (χ0v) is 38.2. The van der Waals surface area contributed by atoms with Crippen molar-refractivity contribution in [2.24, 2.45) is 15.9 Å². The highest BCUT2D eigenvalue weighted by atomic mass is 15.2. The third kappa shape index (κ3) is 7.18. The molecule has 0 amide bonds. The summed E-state index contributed by atoms with van der Waals surface area (Å²) < 4.78 is 4.83. The molecule has 328 valence electrons. The van der Waals surface area contributed by atoms with Crippen LogP contribution in [0.1, 0.15) is 30.6 Å². The molecule has 13 rings (SSSR count). The Morgan fingerprint density at radius 2 is 1.04 bits per heavy atom. The van der Waals surface area contributed by atoms with E-state index in [2.05, 4.69) is 258 Å². The van der Waals surface area contributed by atoms with E-state index in [0.29, 0.717) is 5.92 Å². The number of rotatable bonds is 8. The van der Waals surface area contributed by atoms with E-state index in [9.17, 15) is 0 Å². The lowest BCUT2D eigenvalue weighted by Gasteiger charge is -2.26. The van der Waals surface area contributed by atoms with Crippen LogP contribution in [0.15, 0.2) is 252 Å². The molecule has 69 heavy (non-hydrogen) atoms. The normalized spacial score (nSPS) is 15.9. The maximum absolute atomic E-state index is 5.38. The minimum absolute atomic E-state index is 0.288. The summed E-state index contributed by atoms with van der Waals surface area (Å²) >= 11 is 0. The molecule has 1 aliphatic heterocycles. The van der Waals surface area contributed by atoms with Gasteiger partial charge in [-0.25, -0.2) is 9.98 Å². The van der Waals surface area contributed by atoms with Crippen molar-refractivity contribution in [1.82, 2.24) is 14.5 Å². The fourth-order valence-corrected chi connectivity index (χ4v) is 10.6. The first-order valence-corrected chi connectivity index (χ1v) is 23.9. The van der Waals surface area contributed by atoms with Crippen molar-refractivity contribution in [3.63, 3.8) is 0 Å². The first kappa shape index (κ1) is 40.5. The van der Waals surface area contributed by atoms with Crippen LogP contribution in [0.5, 0.6) is 0 Å². The number of nitrogens with zero attached hydrogens (tertiary/aromatic N) is 4. The van der Waals surface area contributed by atoms with Gasteiger partial charge in [0.1, 0.15) is 12.0 Å². The summed E-state index contributed by atoms with van der Waals surface area (Å²) in [5, 5.41) is 8.54. The van der Waals surface area contributed by atoms with Gasteiger partial charge < -0.3 is 14.5 Å². The van der Waals surface area contributed by atoms with E-state index < -0.39 is 0 Å². The molecule has 5 heteroatoms. The third-order valence-electron chi connectivity index (χ3n) is 13.9. The number of allylic oxidation sites excluding steroid dienone is 3. The van der Waals surface area contributed by atoms with E-state index in [0.717, 1.165) is 84.6 Å². The zero-order chi connectivity index (χ0) is 45.8. The van der Waals surface area contributed by atoms with Crippen LogP contribution in [0, 0.1) is 5.92 Å². The molecule has 2 aromatic heterocycles. The highest BCUT2D eigenvalue weighted by Gasteiger charge is 2.26. The van der Waals surface area contributed by atoms with Gasteiger partial charge in [0.15, 0.2) is 5.84 Å². The lowest BCUT2D eigenvalue weighted by atomic mass is 9.94. The summed E-state index contributed by atoms with van der Waals surface area (Å²) in [5.74, 6) is 2.02. The molecule has 0 saturated heterocycles. The van der Waals surface area contributed by atoms with E-state index >= 15 is 0 Å². The average molecular weight is 886 g/mol. The van der Waals surface area contributed by atoms with Crippen molar-refractivity contribution in [2.45, 2.75) is 19.5 Å². The minimum Gasteiger partial charge on any atom is -0.344 e. The monoisotopic (exact) mass is 885 g/mol. The van der Waals surface area contributed by atoms with Crippen molar-refractivity contribution in [3.05, 3.63) is 253 Å². The van der Waals surface area contributed by atoms with Gasteiger partial charge in [-0.15, -0.1) is 0 Å². The maximum atomic E-state index is 5.38. The number of hydrogen-bond donors (Lipinski definition) is 1. The standard InChI is InChI=1S/C64H47N5/c1-42-18-16-25-48(36-42)63-65-62(45-23-10-4-11-24-45)66-64(67-63)54-29-17-31-60-61(54)56-41-47(33-35-59(56)68(60)51-26-12-5-13-27-51)46-32-34-58-55(40-46)53-28-14-15-30-57(53)69(58)52-38-49(43-19-6-2-7-20-43)37-50(39-52)44-21-8-3-9-22-44/h2-35,37-42,62H,36H2,1H3,(H,65,66,67). The van der Waals surface area contributed by atoms with Crippen LogP contribution < -0.4 is 5.32 Å². The smallest absolute Gasteiger partial charge is 0.155 e. The molecular weight excluding hydrogens is 839 g/mol. The van der Waals surface area contributed by atoms with Crippen LogP contribution in [0.4, 0.5) is 0 Å². The van der Waals surface area contributed by atoms with Crippen molar-refractivity contribution < 1.29 is 0 Å². The van der Waals surface area contributed by atoms with Crippen molar-refractivity contribution in [3.8, 4) is 44.8 Å². The second kappa shape index (κ2) is 16.8. The molecule has 2 atom stereocenters. The van der Waals surface area contributed by atoms with Crippen LogP contribution in [0.3, 0.4) is 0 Å². The molecule has 1 aliphatic carbocycles.